The fraction of sp³-hybridized carbons (Fsp3) is 0.571. The summed E-state index contributed by atoms with van der Waals surface area (Å²) in [5, 5.41) is 3.31. The molecule has 19 heavy (non-hydrogen) atoms. The highest BCUT2D eigenvalue weighted by Crippen LogP contribution is 2.28. The number of aryl methyl sites for hydroxylation is 1. The zero-order chi connectivity index (χ0) is 13.9. The first-order chi connectivity index (χ1) is 9.11. The summed E-state index contributed by atoms with van der Waals surface area (Å²) in [4.78, 5) is 16.7. The molecule has 104 valence electrons. The minimum Gasteiger partial charge on any atom is -0.468 e. The van der Waals surface area contributed by atoms with Gasteiger partial charge >= 0.3 is 5.97 Å². The molecule has 0 amide bonds. The number of carbonyl (C=O) groups excluding carboxylic acids is 1. The summed E-state index contributed by atoms with van der Waals surface area (Å²) in [6.45, 7) is 3.02. The minimum atomic E-state index is -0.865. The third-order valence-electron chi connectivity index (χ3n) is 3.51. The molecule has 0 fully saturated rings. The average Bonchev–Trinajstić information content (AvgIpc) is 2.46. The predicted molar refractivity (Wildman–Crippen MR) is 72.3 cm³/mol. The Morgan fingerprint density at radius 1 is 1.47 bits per heavy atom. The summed E-state index contributed by atoms with van der Waals surface area (Å²) in [5.41, 5.74) is 1.90. The van der Waals surface area contributed by atoms with Crippen molar-refractivity contribution < 1.29 is 14.3 Å². The van der Waals surface area contributed by atoms with Gasteiger partial charge in [-0.3, -0.25) is 9.78 Å². The molecule has 1 N–H and O–H groups in total. The van der Waals surface area contributed by atoms with Crippen molar-refractivity contribution in [2.75, 3.05) is 32.7 Å². The lowest BCUT2D eigenvalue weighted by Gasteiger charge is -2.27. The number of esters is 1. The summed E-state index contributed by atoms with van der Waals surface area (Å²) >= 11 is 0. The number of rotatable bonds is 4. The molecule has 0 radical (unpaired) electrons. The van der Waals surface area contributed by atoms with Gasteiger partial charge in [0.05, 0.1) is 30.8 Å². The lowest BCUT2D eigenvalue weighted by atomic mass is 9.86. The first-order valence-corrected chi connectivity index (χ1v) is 6.43. The van der Waals surface area contributed by atoms with Crippen LogP contribution in [-0.4, -0.2) is 38.3 Å². The van der Waals surface area contributed by atoms with Crippen LogP contribution in [0, 0.1) is 0 Å². The Hall–Kier alpha value is -1.62. The van der Waals surface area contributed by atoms with Gasteiger partial charge < -0.3 is 14.8 Å². The highest BCUT2D eigenvalue weighted by molar-refractivity contribution is 5.82. The number of hydrogen-bond donors (Lipinski definition) is 1. The van der Waals surface area contributed by atoms with E-state index in [2.05, 4.69) is 10.3 Å². The Kier molecular flexibility index (Phi) is 4.04. The van der Waals surface area contributed by atoms with Crippen molar-refractivity contribution in [3.63, 3.8) is 0 Å². The molecule has 0 aliphatic carbocycles. The molecular formula is C14H20N2O3. The van der Waals surface area contributed by atoms with Crippen LogP contribution in [0.15, 0.2) is 12.1 Å². The first kappa shape index (κ1) is 13.8. The lowest BCUT2D eigenvalue weighted by molar-refractivity contribution is -0.149. The van der Waals surface area contributed by atoms with Crippen LogP contribution in [0.2, 0.25) is 0 Å². The predicted octanol–water partition coefficient (Wildman–Crippen LogP) is 1.52. The summed E-state index contributed by atoms with van der Waals surface area (Å²) in [5.74, 6) is -0.328. The van der Waals surface area contributed by atoms with Crippen LogP contribution in [0.4, 0.5) is 5.69 Å². The van der Waals surface area contributed by atoms with Crippen LogP contribution < -0.4 is 5.32 Å². The van der Waals surface area contributed by atoms with Crippen LogP contribution >= 0.6 is 0 Å². The maximum atomic E-state index is 12.0. The summed E-state index contributed by atoms with van der Waals surface area (Å²) < 4.78 is 10.1. The first-order valence-electron chi connectivity index (χ1n) is 6.43. The SMILES string of the molecule is COCC(C)(C(=O)OC)c1ccc2c(n1)CCCN2. The largest absolute Gasteiger partial charge is 0.468 e. The highest BCUT2D eigenvalue weighted by Gasteiger charge is 2.38. The van der Waals surface area contributed by atoms with Crippen molar-refractivity contribution in [1.82, 2.24) is 4.98 Å². The van der Waals surface area contributed by atoms with Crippen molar-refractivity contribution in [1.29, 1.82) is 0 Å². The molecule has 2 heterocycles. The zero-order valence-electron chi connectivity index (χ0n) is 11.7. The molecule has 1 aliphatic heterocycles. The molecule has 0 aromatic carbocycles. The number of anilines is 1. The van der Waals surface area contributed by atoms with E-state index in [-0.39, 0.29) is 12.6 Å². The second kappa shape index (κ2) is 5.57. The van der Waals surface area contributed by atoms with Crippen molar-refractivity contribution >= 4 is 11.7 Å². The van der Waals surface area contributed by atoms with E-state index in [1.54, 1.807) is 14.0 Å². The number of methoxy groups -OCH3 is 2. The minimum absolute atomic E-state index is 0.249. The molecule has 1 atom stereocenters. The molecule has 5 heteroatoms. The monoisotopic (exact) mass is 264 g/mol. The number of fused-ring (bicyclic) bond motifs is 1. The molecule has 1 aromatic rings. The van der Waals surface area contributed by atoms with Gasteiger partial charge in [0, 0.05) is 13.7 Å². The number of nitrogens with one attached hydrogen (secondary N) is 1. The fourth-order valence-electron chi connectivity index (χ4n) is 2.39. The van der Waals surface area contributed by atoms with E-state index in [0.717, 1.165) is 30.8 Å². The van der Waals surface area contributed by atoms with E-state index < -0.39 is 5.41 Å². The number of hydrogen-bond acceptors (Lipinski definition) is 5. The van der Waals surface area contributed by atoms with Gasteiger partial charge in [0.1, 0.15) is 5.41 Å². The Balaban J connectivity index is 2.39. The molecule has 0 saturated carbocycles. The van der Waals surface area contributed by atoms with E-state index >= 15 is 0 Å². The van der Waals surface area contributed by atoms with E-state index in [4.69, 9.17) is 9.47 Å². The van der Waals surface area contributed by atoms with Crippen LogP contribution in [0.25, 0.3) is 0 Å². The summed E-state index contributed by atoms with van der Waals surface area (Å²) in [6, 6.07) is 3.85. The Morgan fingerprint density at radius 3 is 2.95 bits per heavy atom. The molecule has 0 saturated heterocycles. The molecule has 2 rings (SSSR count). The Morgan fingerprint density at radius 2 is 2.26 bits per heavy atom. The average molecular weight is 264 g/mol. The summed E-state index contributed by atoms with van der Waals surface area (Å²) in [6.07, 6.45) is 1.99. The third kappa shape index (κ3) is 2.56. The topological polar surface area (TPSA) is 60.5 Å². The molecule has 1 aliphatic rings. The van der Waals surface area contributed by atoms with E-state index in [1.165, 1.54) is 7.11 Å². The van der Waals surface area contributed by atoms with Crippen LogP contribution in [0.1, 0.15) is 24.7 Å². The van der Waals surface area contributed by atoms with Crippen molar-refractivity contribution in [3.8, 4) is 0 Å². The maximum Gasteiger partial charge on any atom is 0.319 e. The Labute approximate surface area is 113 Å². The van der Waals surface area contributed by atoms with Gasteiger partial charge in [0.2, 0.25) is 0 Å². The normalized spacial score (nSPS) is 17.0. The molecular weight excluding hydrogens is 244 g/mol. The van der Waals surface area contributed by atoms with Gasteiger partial charge in [-0.25, -0.2) is 0 Å². The fourth-order valence-corrected chi connectivity index (χ4v) is 2.39. The molecule has 1 aromatic heterocycles. The van der Waals surface area contributed by atoms with Crippen LogP contribution in [-0.2, 0) is 26.1 Å². The molecule has 0 spiro atoms. The molecule has 1 unspecified atom stereocenters. The number of nitrogens with zero attached hydrogens (tertiary/aromatic N) is 1. The van der Waals surface area contributed by atoms with Gasteiger partial charge in [-0.15, -0.1) is 0 Å². The quantitative estimate of drug-likeness (QED) is 0.835. The molecule has 0 bridgehead atoms. The van der Waals surface area contributed by atoms with Gasteiger partial charge in [-0.2, -0.15) is 0 Å². The zero-order valence-corrected chi connectivity index (χ0v) is 11.7. The van der Waals surface area contributed by atoms with Crippen molar-refractivity contribution in [3.05, 3.63) is 23.5 Å². The van der Waals surface area contributed by atoms with Crippen molar-refractivity contribution in [2.45, 2.75) is 25.2 Å². The van der Waals surface area contributed by atoms with E-state index in [1.807, 2.05) is 12.1 Å². The second-order valence-electron chi connectivity index (χ2n) is 4.98. The van der Waals surface area contributed by atoms with Gasteiger partial charge in [0.25, 0.3) is 0 Å². The highest BCUT2D eigenvalue weighted by atomic mass is 16.5. The van der Waals surface area contributed by atoms with Crippen LogP contribution in [0.3, 0.4) is 0 Å². The maximum absolute atomic E-state index is 12.0. The number of aromatic nitrogens is 1. The number of carbonyl (C=O) groups is 1. The van der Waals surface area contributed by atoms with E-state index in [9.17, 15) is 4.79 Å². The standard InChI is InChI=1S/C14H20N2O3/c1-14(9-18-2,13(17)19-3)12-7-6-10-11(16-12)5-4-8-15-10/h6-7,15H,4-5,8-9H2,1-3H3. The molecule has 5 nitrogen and oxygen atoms in total. The third-order valence-corrected chi connectivity index (χ3v) is 3.51. The lowest BCUT2D eigenvalue weighted by Crippen LogP contribution is -2.39. The Bertz CT molecular complexity index is 476. The van der Waals surface area contributed by atoms with Gasteiger partial charge in [-0.1, -0.05) is 0 Å². The smallest absolute Gasteiger partial charge is 0.319 e. The van der Waals surface area contributed by atoms with Gasteiger partial charge in [-0.05, 0) is 31.9 Å². The number of ether oxygens (including phenoxy) is 2. The van der Waals surface area contributed by atoms with Crippen LogP contribution in [0.5, 0.6) is 0 Å². The second-order valence-corrected chi connectivity index (χ2v) is 4.98. The number of pyridine rings is 1. The van der Waals surface area contributed by atoms with Crippen molar-refractivity contribution in [2.24, 2.45) is 0 Å². The summed E-state index contributed by atoms with van der Waals surface area (Å²) in [7, 11) is 2.96. The van der Waals surface area contributed by atoms with E-state index in [0.29, 0.717) is 5.69 Å². The van der Waals surface area contributed by atoms with Gasteiger partial charge in [0.15, 0.2) is 0 Å².